The summed E-state index contributed by atoms with van der Waals surface area (Å²) in [5, 5.41) is 6.39. The van der Waals surface area contributed by atoms with Crippen LogP contribution in [0.3, 0.4) is 0 Å². The highest BCUT2D eigenvalue weighted by molar-refractivity contribution is 6.31. The largest absolute Gasteiger partial charge is 0.493 e. The smallest absolute Gasteiger partial charge is 0.282 e. The van der Waals surface area contributed by atoms with Crippen LogP contribution in [0.2, 0.25) is 5.02 Å². The van der Waals surface area contributed by atoms with Crippen molar-refractivity contribution in [3.05, 3.63) is 87.7 Å². The Morgan fingerprint density at radius 3 is 2.68 bits per heavy atom. The van der Waals surface area contributed by atoms with Gasteiger partial charge in [0.25, 0.3) is 5.56 Å². The van der Waals surface area contributed by atoms with E-state index in [1.807, 2.05) is 24.3 Å². The van der Waals surface area contributed by atoms with E-state index in [0.717, 1.165) is 5.39 Å². The van der Waals surface area contributed by atoms with Crippen LogP contribution in [-0.4, -0.2) is 29.6 Å². The summed E-state index contributed by atoms with van der Waals surface area (Å²) in [7, 11) is 1.59. The molecule has 0 unspecified atom stereocenters. The van der Waals surface area contributed by atoms with Crippen LogP contribution in [0.25, 0.3) is 33.5 Å². The van der Waals surface area contributed by atoms with Crippen molar-refractivity contribution in [2.75, 3.05) is 13.7 Å². The van der Waals surface area contributed by atoms with Crippen LogP contribution in [0.15, 0.2) is 81.0 Å². The van der Waals surface area contributed by atoms with Gasteiger partial charge in [0.2, 0.25) is 5.82 Å². The third-order valence-corrected chi connectivity index (χ3v) is 5.88. The van der Waals surface area contributed by atoms with E-state index in [9.17, 15) is 4.79 Å². The topological polar surface area (TPSA) is 78.9 Å². The Morgan fingerprint density at radius 2 is 1.89 bits per heavy atom. The fourth-order valence-corrected chi connectivity index (χ4v) is 4.05. The number of rotatable bonds is 6. The van der Waals surface area contributed by atoms with Crippen molar-refractivity contribution in [1.82, 2.24) is 9.66 Å². The Morgan fingerprint density at radius 1 is 1.08 bits per heavy atom. The Hall–Kier alpha value is -4.10. The molecule has 0 saturated carbocycles. The van der Waals surface area contributed by atoms with Crippen LogP contribution in [0.4, 0.5) is 0 Å². The van der Waals surface area contributed by atoms with E-state index >= 15 is 0 Å². The van der Waals surface area contributed by atoms with Gasteiger partial charge in [-0.1, -0.05) is 50.6 Å². The predicted octanol–water partition coefficient (Wildman–Crippen LogP) is 6.78. The molecule has 0 aliphatic heterocycles. The van der Waals surface area contributed by atoms with E-state index in [-0.39, 0.29) is 16.8 Å². The SMILES string of the molecule is COc1cccc(C=Nn2c(-c3cc4cc(Cl)ccc4o3)nc3ccccc3c2=O)c1OCC(C)(C)C. The molecular weight excluding hydrogens is 490 g/mol. The predicted molar refractivity (Wildman–Crippen MR) is 147 cm³/mol. The van der Waals surface area contributed by atoms with Crippen LogP contribution < -0.4 is 15.0 Å². The van der Waals surface area contributed by atoms with Crippen molar-refractivity contribution in [2.45, 2.75) is 20.8 Å². The van der Waals surface area contributed by atoms with E-state index in [1.54, 1.807) is 55.8 Å². The van der Waals surface area contributed by atoms with Gasteiger partial charge < -0.3 is 13.9 Å². The van der Waals surface area contributed by atoms with E-state index in [4.69, 9.17) is 30.5 Å². The normalized spacial score (nSPS) is 12.0. The van der Waals surface area contributed by atoms with Gasteiger partial charge in [0.1, 0.15) is 5.58 Å². The number of para-hydroxylation sites is 2. The van der Waals surface area contributed by atoms with Crippen molar-refractivity contribution in [3.8, 4) is 23.1 Å². The molecule has 2 heterocycles. The van der Waals surface area contributed by atoms with Gasteiger partial charge in [-0.15, -0.1) is 0 Å². The molecule has 0 bridgehead atoms. The number of ether oxygens (including phenoxy) is 2. The van der Waals surface area contributed by atoms with Crippen molar-refractivity contribution in [3.63, 3.8) is 0 Å². The highest BCUT2D eigenvalue weighted by atomic mass is 35.5. The number of methoxy groups -OCH3 is 1. The molecule has 0 saturated heterocycles. The molecule has 5 aromatic rings. The Balaban J connectivity index is 1.67. The molecule has 37 heavy (non-hydrogen) atoms. The molecule has 0 atom stereocenters. The summed E-state index contributed by atoms with van der Waals surface area (Å²) in [6.45, 7) is 6.73. The minimum absolute atomic E-state index is 0.0637. The quantitative estimate of drug-likeness (QED) is 0.233. The molecular formula is C29H26ClN3O4. The second-order valence-electron chi connectivity index (χ2n) is 9.83. The van der Waals surface area contributed by atoms with E-state index in [1.165, 1.54) is 4.68 Å². The first kappa shape index (κ1) is 24.6. The minimum atomic E-state index is -0.324. The third kappa shape index (κ3) is 5.08. The zero-order valence-electron chi connectivity index (χ0n) is 21.0. The number of hydrogen-bond acceptors (Lipinski definition) is 6. The van der Waals surface area contributed by atoms with Gasteiger partial charge in [-0.3, -0.25) is 4.79 Å². The maximum Gasteiger partial charge on any atom is 0.282 e. The fourth-order valence-electron chi connectivity index (χ4n) is 3.87. The minimum Gasteiger partial charge on any atom is -0.493 e. The first-order valence-electron chi connectivity index (χ1n) is 11.8. The summed E-state index contributed by atoms with van der Waals surface area (Å²) >= 11 is 6.16. The van der Waals surface area contributed by atoms with E-state index in [2.05, 4.69) is 25.9 Å². The highest BCUT2D eigenvalue weighted by Gasteiger charge is 2.18. The third-order valence-electron chi connectivity index (χ3n) is 5.64. The molecule has 8 heteroatoms. The van der Waals surface area contributed by atoms with Gasteiger partial charge in [-0.2, -0.15) is 9.78 Å². The van der Waals surface area contributed by atoms with Gasteiger partial charge in [0.15, 0.2) is 17.3 Å². The van der Waals surface area contributed by atoms with Gasteiger partial charge in [-0.05, 0) is 53.9 Å². The lowest BCUT2D eigenvalue weighted by atomic mass is 9.98. The first-order chi connectivity index (χ1) is 17.7. The number of halogens is 1. The zero-order chi connectivity index (χ0) is 26.2. The number of furan rings is 1. The monoisotopic (exact) mass is 515 g/mol. The van der Waals surface area contributed by atoms with Crippen LogP contribution in [0.5, 0.6) is 11.5 Å². The average Bonchev–Trinajstić information content (AvgIpc) is 3.29. The lowest BCUT2D eigenvalue weighted by Crippen LogP contribution is -2.20. The van der Waals surface area contributed by atoms with Gasteiger partial charge in [0.05, 0.1) is 30.8 Å². The second kappa shape index (κ2) is 9.75. The van der Waals surface area contributed by atoms with Crippen molar-refractivity contribution in [2.24, 2.45) is 10.5 Å². The number of hydrogen-bond donors (Lipinski definition) is 0. The standard InChI is InChI=1S/C29H26ClN3O4/c1-29(2,3)17-36-26-18(8-7-11-24(26)35-4)16-31-33-27(32-22-10-6-5-9-21(22)28(33)34)25-15-19-14-20(30)12-13-23(19)37-25/h5-16H,17H2,1-4H3. The van der Waals surface area contributed by atoms with E-state index in [0.29, 0.717) is 50.9 Å². The first-order valence-corrected chi connectivity index (χ1v) is 12.2. The summed E-state index contributed by atoms with van der Waals surface area (Å²) in [4.78, 5) is 18.3. The van der Waals surface area contributed by atoms with Gasteiger partial charge in [-0.25, -0.2) is 4.98 Å². The Kier molecular flexibility index (Phi) is 6.48. The maximum absolute atomic E-state index is 13.6. The summed E-state index contributed by atoms with van der Waals surface area (Å²) in [5.41, 5.74) is 1.44. The van der Waals surface area contributed by atoms with Crippen LogP contribution in [0, 0.1) is 5.41 Å². The van der Waals surface area contributed by atoms with E-state index < -0.39 is 0 Å². The molecule has 3 aromatic carbocycles. The average molecular weight is 516 g/mol. The summed E-state index contributed by atoms with van der Waals surface area (Å²) in [5.74, 6) is 1.79. The molecule has 0 radical (unpaired) electrons. The number of aromatic nitrogens is 2. The Bertz CT molecular complexity index is 1700. The summed E-state index contributed by atoms with van der Waals surface area (Å²) in [6, 6.07) is 19.8. The van der Waals surface area contributed by atoms with Crippen molar-refractivity contribution in [1.29, 1.82) is 0 Å². The number of fused-ring (bicyclic) bond motifs is 2. The molecule has 0 spiro atoms. The lowest BCUT2D eigenvalue weighted by Gasteiger charge is -2.21. The van der Waals surface area contributed by atoms with Crippen LogP contribution in [-0.2, 0) is 0 Å². The van der Waals surface area contributed by atoms with Crippen molar-refractivity contribution < 1.29 is 13.9 Å². The molecule has 0 fully saturated rings. The lowest BCUT2D eigenvalue weighted by molar-refractivity contribution is 0.191. The molecule has 5 rings (SSSR count). The Labute approximate surface area is 218 Å². The number of benzene rings is 3. The molecule has 0 aliphatic rings. The molecule has 0 aliphatic carbocycles. The molecule has 0 N–H and O–H groups in total. The summed E-state index contributed by atoms with van der Waals surface area (Å²) < 4.78 is 18.9. The molecule has 2 aromatic heterocycles. The molecule has 0 amide bonds. The van der Waals surface area contributed by atoms with Gasteiger partial charge >= 0.3 is 0 Å². The van der Waals surface area contributed by atoms with Gasteiger partial charge in [0, 0.05) is 16.0 Å². The molecule has 7 nitrogen and oxygen atoms in total. The fraction of sp³-hybridized carbons (Fsp3) is 0.207. The summed E-state index contributed by atoms with van der Waals surface area (Å²) in [6.07, 6.45) is 1.57. The van der Waals surface area contributed by atoms with Crippen LogP contribution >= 0.6 is 11.6 Å². The van der Waals surface area contributed by atoms with Crippen molar-refractivity contribution >= 4 is 39.7 Å². The molecule has 188 valence electrons. The highest BCUT2D eigenvalue weighted by Crippen LogP contribution is 2.32. The zero-order valence-corrected chi connectivity index (χ0v) is 21.7. The number of nitrogens with zero attached hydrogens (tertiary/aromatic N) is 3. The second-order valence-corrected chi connectivity index (χ2v) is 10.3. The maximum atomic E-state index is 13.6. The van der Waals surface area contributed by atoms with Crippen LogP contribution in [0.1, 0.15) is 26.3 Å².